The molecule has 12 aromatic rings. The van der Waals surface area contributed by atoms with Gasteiger partial charge in [-0.3, -0.25) is 0 Å². The zero-order valence-corrected chi connectivity index (χ0v) is 38.8. The smallest absolute Gasteiger partial charge is 0.0541 e. The Labute approximate surface area is 404 Å². The summed E-state index contributed by atoms with van der Waals surface area (Å²) in [5.41, 5.74) is 25.3. The van der Waals surface area contributed by atoms with Crippen molar-refractivity contribution < 1.29 is 0 Å². The van der Waals surface area contributed by atoms with Gasteiger partial charge in [0.25, 0.3) is 0 Å². The monoisotopic (exact) mass is 879 g/mol. The van der Waals surface area contributed by atoms with Crippen molar-refractivity contribution in [2.75, 3.05) is 0 Å². The van der Waals surface area contributed by atoms with Crippen molar-refractivity contribution in [3.05, 3.63) is 272 Å². The van der Waals surface area contributed by atoms with E-state index in [1.165, 1.54) is 122 Å². The third-order valence-electron chi connectivity index (χ3n) is 13.8. The maximum absolute atomic E-state index is 2.44. The first-order valence-electron chi connectivity index (χ1n) is 23.9. The van der Waals surface area contributed by atoms with Crippen molar-refractivity contribution in [1.29, 1.82) is 0 Å². The Morgan fingerprint density at radius 1 is 0.217 bits per heavy atom. The highest BCUT2D eigenvalue weighted by Gasteiger charge is 2.18. The summed E-state index contributed by atoms with van der Waals surface area (Å²) in [7, 11) is 0. The molecular weight excluding hydrogens is 831 g/mol. The van der Waals surface area contributed by atoms with Crippen LogP contribution in [-0.4, -0.2) is 4.57 Å². The van der Waals surface area contributed by atoms with Crippen LogP contribution in [0.25, 0.3) is 117 Å². The summed E-state index contributed by atoms with van der Waals surface area (Å²) in [6.07, 6.45) is 0. The lowest BCUT2D eigenvalue weighted by Gasteiger charge is -2.13. The van der Waals surface area contributed by atoms with Gasteiger partial charge in [-0.1, -0.05) is 188 Å². The number of benzene rings is 11. The Morgan fingerprint density at radius 3 is 0.942 bits per heavy atom. The van der Waals surface area contributed by atoms with Gasteiger partial charge in [-0.05, 0) is 187 Å². The SMILES string of the molecule is Cc1ccccc1-c1ccc(-c2ccc(-n3c4ccc(-c5cc(-c6ccccc6)cc(-c6ccccc6)c5)cc4c4cc(-c5cc(-c6ccccc6)cc(-c6ccccc6)c5)ccc43)cc2)cc1C. The van der Waals surface area contributed by atoms with Gasteiger partial charge in [0, 0.05) is 16.5 Å². The fourth-order valence-electron chi connectivity index (χ4n) is 10.3. The van der Waals surface area contributed by atoms with Crippen LogP contribution in [-0.2, 0) is 0 Å². The third kappa shape index (κ3) is 8.05. The van der Waals surface area contributed by atoms with Crippen LogP contribution in [0.2, 0.25) is 0 Å². The molecule has 1 aromatic heterocycles. The fraction of sp³-hybridized carbons (Fsp3) is 0.0294. The van der Waals surface area contributed by atoms with Gasteiger partial charge in [-0.15, -0.1) is 0 Å². The van der Waals surface area contributed by atoms with E-state index in [0.29, 0.717) is 0 Å². The molecule has 0 unspecified atom stereocenters. The van der Waals surface area contributed by atoms with E-state index in [2.05, 4.69) is 279 Å². The maximum Gasteiger partial charge on any atom is 0.0541 e. The van der Waals surface area contributed by atoms with E-state index in [-0.39, 0.29) is 0 Å². The molecule has 0 aliphatic rings. The quantitative estimate of drug-likeness (QED) is 0.136. The van der Waals surface area contributed by atoms with Crippen molar-refractivity contribution in [1.82, 2.24) is 4.57 Å². The standard InChI is InChI=1S/C68H49N/c1-46-17-15-16-26-63(46)64-34-29-53(37-47(64)2)52-27-32-62(33-28-52)69-67-35-30-54(60-40-56(48-18-7-3-8-19-48)38-57(41-60)49-20-9-4-10-21-49)44-65(67)66-45-55(31-36-68(66)69)61-42-58(50-22-11-5-12-23-50)39-59(43-61)51-24-13-6-14-25-51/h3-45H,1-2H3. The van der Waals surface area contributed by atoms with Crippen LogP contribution in [0.1, 0.15) is 11.1 Å². The highest BCUT2D eigenvalue weighted by Crippen LogP contribution is 2.41. The first-order valence-corrected chi connectivity index (χ1v) is 23.9. The van der Waals surface area contributed by atoms with Gasteiger partial charge >= 0.3 is 0 Å². The number of aryl methyl sites for hydroxylation is 2. The van der Waals surface area contributed by atoms with E-state index in [1.54, 1.807) is 0 Å². The molecule has 0 atom stereocenters. The molecule has 0 saturated carbocycles. The van der Waals surface area contributed by atoms with Gasteiger partial charge in [0.15, 0.2) is 0 Å². The minimum absolute atomic E-state index is 1.13. The van der Waals surface area contributed by atoms with Crippen LogP contribution in [0, 0.1) is 13.8 Å². The second kappa shape index (κ2) is 17.8. The molecule has 0 amide bonds. The zero-order valence-electron chi connectivity index (χ0n) is 38.8. The molecule has 0 N–H and O–H groups in total. The largest absolute Gasteiger partial charge is 0.309 e. The number of hydrogen-bond donors (Lipinski definition) is 0. The van der Waals surface area contributed by atoms with Crippen molar-refractivity contribution in [3.8, 4) is 94.7 Å². The minimum atomic E-state index is 1.13. The Bertz CT molecular complexity index is 3510. The summed E-state index contributed by atoms with van der Waals surface area (Å²) < 4.78 is 2.44. The second-order valence-electron chi connectivity index (χ2n) is 18.3. The van der Waals surface area contributed by atoms with Gasteiger partial charge in [0.05, 0.1) is 11.0 Å². The molecule has 1 heteroatoms. The summed E-state index contributed by atoms with van der Waals surface area (Å²) in [6, 6.07) is 95.7. The normalized spacial score (nSPS) is 11.3. The molecule has 0 bridgehead atoms. The highest BCUT2D eigenvalue weighted by atomic mass is 15.0. The molecule has 0 spiro atoms. The molecule has 11 aromatic carbocycles. The average Bonchev–Trinajstić information content (AvgIpc) is 3.75. The molecule has 326 valence electrons. The van der Waals surface area contributed by atoms with Crippen molar-refractivity contribution in [2.24, 2.45) is 0 Å². The highest BCUT2D eigenvalue weighted by molar-refractivity contribution is 6.12. The topological polar surface area (TPSA) is 4.93 Å². The Hall–Kier alpha value is -8.78. The lowest BCUT2D eigenvalue weighted by molar-refractivity contribution is 1.18. The van der Waals surface area contributed by atoms with Crippen molar-refractivity contribution in [2.45, 2.75) is 13.8 Å². The first kappa shape index (κ1) is 41.6. The predicted molar refractivity (Wildman–Crippen MR) is 294 cm³/mol. The third-order valence-corrected chi connectivity index (χ3v) is 13.8. The molecule has 0 radical (unpaired) electrons. The second-order valence-corrected chi connectivity index (χ2v) is 18.3. The number of fused-ring (bicyclic) bond motifs is 3. The van der Waals surface area contributed by atoms with E-state index in [4.69, 9.17) is 0 Å². The Morgan fingerprint density at radius 2 is 0.536 bits per heavy atom. The van der Waals surface area contributed by atoms with E-state index in [9.17, 15) is 0 Å². The molecule has 0 aliphatic carbocycles. The molecule has 69 heavy (non-hydrogen) atoms. The van der Waals surface area contributed by atoms with Crippen LogP contribution in [0.5, 0.6) is 0 Å². The summed E-state index contributed by atoms with van der Waals surface area (Å²) >= 11 is 0. The predicted octanol–water partition coefficient (Wildman–Crippen LogP) is 18.7. The summed E-state index contributed by atoms with van der Waals surface area (Å²) in [6.45, 7) is 4.41. The van der Waals surface area contributed by atoms with Gasteiger partial charge in [-0.2, -0.15) is 0 Å². The number of nitrogens with zero attached hydrogens (tertiary/aromatic N) is 1. The van der Waals surface area contributed by atoms with Crippen molar-refractivity contribution in [3.63, 3.8) is 0 Å². The molecule has 0 saturated heterocycles. The van der Waals surface area contributed by atoms with E-state index in [1.807, 2.05) is 0 Å². The van der Waals surface area contributed by atoms with E-state index in [0.717, 1.165) is 5.69 Å². The molecular formula is C68H49N. The lowest BCUT2D eigenvalue weighted by atomic mass is 9.92. The molecule has 0 fully saturated rings. The number of rotatable bonds is 9. The number of hydrogen-bond acceptors (Lipinski definition) is 0. The zero-order chi connectivity index (χ0) is 46.3. The maximum atomic E-state index is 2.44. The molecule has 0 aliphatic heterocycles. The van der Waals surface area contributed by atoms with E-state index >= 15 is 0 Å². The molecule has 12 rings (SSSR count). The average molecular weight is 880 g/mol. The van der Waals surface area contributed by atoms with E-state index < -0.39 is 0 Å². The van der Waals surface area contributed by atoms with Gasteiger partial charge in [0.1, 0.15) is 0 Å². The van der Waals surface area contributed by atoms with Gasteiger partial charge in [0.2, 0.25) is 0 Å². The summed E-state index contributed by atoms with van der Waals surface area (Å²) in [5, 5.41) is 2.43. The van der Waals surface area contributed by atoms with Gasteiger partial charge < -0.3 is 4.57 Å². The summed E-state index contributed by atoms with van der Waals surface area (Å²) in [5.74, 6) is 0. The lowest BCUT2D eigenvalue weighted by Crippen LogP contribution is -1.94. The summed E-state index contributed by atoms with van der Waals surface area (Å²) in [4.78, 5) is 0. The Kier molecular flexibility index (Phi) is 10.7. The number of aromatic nitrogens is 1. The molecule has 1 nitrogen and oxygen atoms in total. The van der Waals surface area contributed by atoms with Crippen LogP contribution in [0.3, 0.4) is 0 Å². The molecule has 1 heterocycles. The van der Waals surface area contributed by atoms with Crippen LogP contribution in [0.15, 0.2) is 261 Å². The van der Waals surface area contributed by atoms with Crippen molar-refractivity contribution >= 4 is 21.8 Å². The minimum Gasteiger partial charge on any atom is -0.309 e. The van der Waals surface area contributed by atoms with Crippen LogP contribution >= 0.6 is 0 Å². The Balaban J connectivity index is 1.03. The van der Waals surface area contributed by atoms with Gasteiger partial charge in [-0.25, -0.2) is 0 Å². The first-order chi connectivity index (χ1) is 34.0. The van der Waals surface area contributed by atoms with Crippen LogP contribution in [0.4, 0.5) is 0 Å². The van der Waals surface area contributed by atoms with Crippen LogP contribution < -0.4 is 0 Å². The fourth-order valence-corrected chi connectivity index (χ4v) is 10.3.